The van der Waals surface area contributed by atoms with Gasteiger partial charge in [0, 0.05) is 31.3 Å². The summed E-state index contributed by atoms with van der Waals surface area (Å²) < 4.78 is 5.61. The number of carbonyl (C=O) groups is 1. The summed E-state index contributed by atoms with van der Waals surface area (Å²) in [6.45, 7) is 10.1. The zero-order valence-electron chi connectivity index (χ0n) is 21.5. The van der Waals surface area contributed by atoms with E-state index in [-0.39, 0.29) is 18.1 Å². The summed E-state index contributed by atoms with van der Waals surface area (Å²) in [5.74, 6) is 0.0588. The predicted octanol–water partition coefficient (Wildman–Crippen LogP) is 6.27. The van der Waals surface area contributed by atoms with Gasteiger partial charge < -0.3 is 10.1 Å². The van der Waals surface area contributed by atoms with E-state index in [0.717, 1.165) is 42.8 Å². The van der Waals surface area contributed by atoms with Gasteiger partial charge in [-0.05, 0) is 55.4 Å². The van der Waals surface area contributed by atoms with Crippen LogP contribution in [0.25, 0.3) is 0 Å². The molecule has 2 fully saturated rings. The average Bonchev–Trinajstić information content (AvgIpc) is 3.36. The van der Waals surface area contributed by atoms with E-state index in [2.05, 4.69) is 71.5 Å². The Kier molecular flexibility index (Phi) is 8.05. The summed E-state index contributed by atoms with van der Waals surface area (Å²) >= 11 is 1.58. The molecule has 5 rings (SSSR count). The summed E-state index contributed by atoms with van der Waals surface area (Å²) in [4.78, 5) is 21.5. The Bertz CT molecular complexity index is 1140. The Morgan fingerprint density at radius 3 is 2.51 bits per heavy atom. The maximum atomic E-state index is 13.3. The number of likely N-dealkylation sites (tertiary alicyclic amines) is 1. The number of aromatic nitrogens is 1. The Hall–Kier alpha value is -2.54. The molecular weight excluding hydrogens is 454 g/mol. The highest BCUT2D eigenvalue weighted by molar-refractivity contribution is 7.15. The first-order chi connectivity index (χ1) is 17.0. The zero-order valence-corrected chi connectivity index (χ0v) is 22.3. The third kappa shape index (κ3) is 5.35. The fraction of sp³-hybridized carbons (Fsp3) is 0.448. The number of nitrogens with one attached hydrogen (secondary N) is 1. The molecule has 1 aliphatic heterocycles. The normalized spacial score (nSPS) is 19.5. The van der Waals surface area contributed by atoms with E-state index in [1.54, 1.807) is 18.4 Å². The van der Waals surface area contributed by atoms with E-state index in [1.165, 1.54) is 16.7 Å². The van der Waals surface area contributed by atoms with Gasteiger partial charge in [-0.2, -0.15) is 0 Å². The number of carbonyl (C=O) groups excluding carboxylic acids is 1. The molecule has 1 unspecified atom stereocenters. The van der Waals surface area contributed by atoms with Crippen LogP contribution in [0.5, 0.6) is 0 Å². The third-order valence-electron chi connectivity index (χ3n) is 7.25. The maximum absolute atomic E-state index is 13.3. The lowest BCUT2D eigenvalue weighted by Gasteiger charge is -2.27. The number of hydrogen-bond acceptors (Lipinski definition) is 5. The van der Waals surface area contributed by atoms with Crippen LogP contribution >= 0.6 is 11.3 Å². The molecule has 35 heavy (non-hydrogen) atoms. The van der Waals surface area contributed by atoms with Crippen molar-refractivity contribution in [2.24, 2.45) is 0 Å². The fourth-order valence-electron chi connectivity index (χ4n) is 4.87. The summed E-state index contributed by atoms with van der Waals surface area (Å²) in [7, 11) is 1.79. The van der Waals surface area contributed by atoms with Crippen molar-refractivity contribution in [1.82, 2.24) is 9.88 Å². The summed E-state index contributed by atoms with van der Waals surface area (Å²) in [6, 6.07) is 17.0. The van der Waals surface area contributed by atoms with Crippen molar-refractivity contribution in [3.63, 3.8) is 0 Å². The maximum Gasteiger partial charge on any atom is 0.236 e. The Morgan fingerprint density at radius 2 is 1.89 bits per heavy atom. The van der Waals surface area contributed by atoms with Crippen molar-refractivity contribution in [2.75, 3.05) is 25.5 Å². The van der Waals surface area contributed by atoms with E-state index < -0.39 is 5.41 Å². The van der Waals surface area contributed by atoms with Crippen molar-refractivity contribution >= 4 is 22.4 Å². The van der Waals surface area contributed by atoms with Crippen LogP contribution in [0.2, 0.25) is 0 Å². The monoisotopic (exact) mass is 491 g/mol. The minimum absolute atomic E-state index is 0.0588. The van der Waals surface area contributed by atoms with Gasteiger partial charge in [0.1, 0.15) is 0 Å². The van der Waals surface area contributed by atoms with Crippen molar-refractivity contribution in [3.8, 4) is 0 Å². The molecule has 3 aromatic rings. The van der Waals surface area contributed by atoms with Gasteiger partial charge in [-0.25, -0.2) is 4.98 Å². The quantitative estimate of drug-likeness (QED) is 0.423. The molecule has 6 heteroatoms. The number of aryl methyl sites for hydroxylation is 2. The van der Waals surface area contributed by atoms with Crippen LogP contribution < -0.4 is 5.32 Å². The molecule has 1 saturated carbocycles. The summed E-state index contributed by atoms with van der Waals surface area (Å²) in [5.41, 5.74) is 4.43. The summed E-state index contributed by atoms with van der Waals surface area (Å²) in [5, 5.41) is 3.81. The van der Waals surface area contributed by atoms with Gasteiger partial charge in [0.2, 0.25) is 5.91 Å². The lowest BCUT2D eigenvalue weighted by molar-refractivity contribution is -0.118. The minimum Gasteiger partial charge on any atom is -0.380 e. The third-order valence-corrected chi connectivity index (χ3v) is 8.21. The number of amides is 1. The zero-order chi connectivity index (χ0) is 25.0. The van der Waals surface area contributed by atoms with Crippen molar-refractivity contribution < 1.29 is 9.53 Å². The molecule has 2 aromatic carbocycles. The lowest BCUT2D eigenvalue weighted by Crippen LogP contribution is -2.28. The van der Waals surface area contributed by atoms with Crippen LogP contribution in [-0.2, 0) is 14.9 Å². The Morgan fingerprint density at radius 1 is 1.14 bits per heavy atom. The second-order valence-corrected chi connectivity index (χ2v) is 10.4. The molecular formula is C29H37N3O2S. The molecule has 2 atom stereocenters. The van der Waals surface area contributed by atoms with Gasteiger partial charge >= 0.3 is 0 Å². The Balaban J connectivity index is 0.00000141. The molecule has 0 bridgehead atoms. The smallest absolute Gasteiger partial charge is 0.236 e. The molecule has 1 amide bonds. The molecule has 0 radical (unpaired) electrons. The number of nitrogens with zero attached hydrogens (tertiary/aromatic N) is 2. The number of ether oxygens (including phenoxy) is 1. The second-order valence-electron chi connectivity index (χ2n) is 9.36. The van der Waals surface area contributed by atoms with Gasteiger partial charge in [0.15, 0.2) is 5.13 Å². The van der Waals surface area contributed by atoms with Gasteiger partial charge in [-0.15, -0.1) is 0 Å². The number of benzene rings is 2. The van der Waals surface area contributed by atoms with Gasteiger partial charge in [0.25, 0.3) is 0 Å². The molecule has 1 aromatic heterocycles. The van der Waals surface area contributed by atoms with Crippen molar-refractivity contribution in [3.05, 3.63) is 81.9 Å². The number of hydrogen-bond donors (Lipinski definition) is 1. The second kappa shape index (κ2) is 11.0. The first-order valence-corrected chi connectivity index (χ1v) is 13.5. The predicted molar refractivity (Wildman–Crippen MR) is 144 cm³/mol. The highest BCUT2D eigenvalue weighted by Crippen LogP contribution is 2.49. The SMILES string of the molecule is CC.CO[C@@H]1CCN(C(c2ccccc2)c2cnc(NC(=O)C3(c4ccc(C)c(C)c4)CC3)s2)C1. The highest BCUT2D eigenvalue weighted by Gasteiger charge is 2.51. The van der Waals surface area contributed by atoms with E-state index in [9.17, 15) is 4.79 Å². The largest absolute Gasteiger partial charge is 0.380 e. The van der Waals surface area contributed by atoms with Crippen molar-refractivity contribution in [2.45, 2.75) is 64.5 Å². The first kappa shape index (κ1) is 25.5. The molecule has 1 aliphatic carbocycles. The molecule has 1 N–H and O–H groups in total. The molecule has 2 aliphatic rings. The molecule has 2 heterocycles. The average molecular weight is 492 g/mol. The van der Waals surface area contributed by atoms with E-state index in [1.807, 2.05) is 26.1 Å². The van der Waals surface area contributed by atoms with Crippen LogP contribution in [0.1, 0.15) is 66.3 Å². The Labute approximate surface area is 213 Å². The number of anilines is 1. The number of methoxy groups -OCH3 is 1. The topological polar surface area (TPSA) is 54.5 Å². The van der Waals surface area contributed by atoms with Crippen LogP contribution in [0, 0.1) is 13.8 Å². The number of thiazole rings is 1. The van der Waals surface area contributed by atoms with Gasteiger partial charge in [0.05, 0.1) is 17.6 Å². The van der Waals surface area contributed by atoms with Crippen LogP contribution in [-0.4, -0.2) is 42.1 Å². The van der Waals surface area contributed by atoms with Gasteiger partial charge in [-0.3, -0.25) is 9.69 Å². The summed E-state index contributed by atoms with van der Waals surface area (Å²) in [6.07, 6.45) is 4.99. The first-order valence-electron chi connectivity index (χ1n) is 12.7. The molecule has 186 valence electrons. The van der Waals surface area contributed by atoms with E-state index in [4.69, 9.17) is 4.74 Å². The van der Waals surface area contributed by atoms with Crippen molar-refractivity contribution in [1.29, 1.82) is 0 Å². The van der Waals surface area contributed by atoms with Crippen LogP contribution in [0.15, 0.2) is 54.7 Å². The number of rotatable bonds is 7. The molecule has 1 saturated heterocycles. The van der Waals surface area contributed by atoms with Gasteiger partial charge in [-0.1, -0.05) is 73.7 Å². The minimum atomic E-state index is -0.413. The van der Waals surface area contributed by atoms with E-state index in [0.29, 0.717) is 5.13 Å². The lowest BCUT2D eigenvalue weighted by atomic mass is 9.92. The molecule has 5 nitrogen and oxygen atoms in total. The van der Waals surface area contributed by atoms with Crippen LogP contribution in [0.3, 0.4) is 0 Å². The van der Waals surface area contributed by atoms with E-state index >= 15 is 0 Å². The fourth-order valence-corrected chi connectivity index (χ4v) is 5.84. The van der Waals surface area contributed by atoms with Crippen LogP contribution in [0.4, 0.5) is 5.13 Å². The molecule has 0 spiro atoms. The standard InChI is InChI=1S/C27H31N3O2S.C2H6/c1-18-9-10-21(15-19(18)2)27(12-13-27)25(31)29-26-28-16-23(33-26)24(20-7-5-4-6-8-20)30-14-11-22(17-30)32-3;1-2/h4-10,15-16,22,24H,11-14,17H2,1-3H3,(H,28,29,31);1-2H3/t22-,24?;/m1./s1. The highest BCUT2D eigenvalue weighted by atomic mass is 32.1.